The van der Waals surface area contributed by atoms with Crippen molar-refractivity contribution in [3.05, 3.63) is 40.1 Å². The maximum atomic E-state index is 12.4. The first-order chi connectivity index (χ1) is 9.96. The second-order valence-electron chi connectivity index (χ2n) is 4.35. The molecule has 0 spiro atoms. The molecule has 2 aromatic rings. The molecule has 0 unspecified atom stereocenters. The van der Waals surface area contributed by atoms with Gasteiger partial charge in [-0.3, -0.25) is 0 Å². The van der Waals surface area contributed by atoms with Gasteiger partial charge in [0.05, 0.1) is 14.2 Å². The maximum Gasteiger partial charge on any atom is 0.244 e. The van der Waals surface area contributed by atoms with Crippen LogP contribution in [0.5, 0.6) is 11.5 Å². The molecule has 7 heteroatoms. The van der Waals surface area contributed by atoms with Crippen LogP contribution in [0.3, 0.4) is 0 Å². The molecule has 0 radical (unpaired) electrons. The Bertz CT molecular complexity index is 722. The third kappa shape index (κ3) is 3.75. The van der Waals surface area contributed by atoms with E-state index in [9.17, 15) is 8.42 Å². The zero-order valence-corrected chi connectivity index (χ0v) is 13.7. The van der Waals surface area contributed by atoms with Gasteiger partial charge in [0.25, 0.3) is 0 Å². The fourth-order valence-electron chi connectivity index (χ4n) is 1.82. The molecular formula is C14H17NO4S2. The Morgan fingerprint density at radius 2 is 1.90 bits per heavy atom. The summed E-state index contributed by atoms with van der Waals surface area (Å²) in [6.45, 7) is 2.24. The van der Waals surface area contributed by atoms with E-state index in [0.29, 0.717) is 5.75 Å². The Morgan fingerprint density at radius 3 is 2.48 bits per heavy atom. The fourth-order valence-corrected chi connectivity index (χ4v) is 3.90. The molecular weight excluding hydrogens is 310 g/mol. The van der Waals surface area contributed by atoms with Crippen LogP contribution < -0.4 is 14.2 Å². The highest BCUT2D eigenvalue weighted by Crippen LogP contribution is 2.28. The smallest absolute Gasteiger partial charge is 0.244 e. The molecule has 1 heterocycles. The third-order valence-corrected chi connectivity index (χ3v) is 5.33. The van der Waals surface area contributed by atoms with E-state index in [-0.39, 0.29) is 17.2 Å². The van der Waals surface area contributed by atoms with Crippen LogP contribution in [0.1, 0.15) is 9.75 Å². The quantitative estimate of drug-likeness (QED) is 0.885. The summed E-state index contributed by atoms with van der Waals surface area (Å²) in [5.74, 6) is 0.795. The van der Waals surface area contributed by atoms with Crippen molar-refractivity contribution in [1.82, 2.24) is 4.72 Å². The SMILES string of the molecule is COc1ccc(S(=O)(=O)NCc2ccc(C)s2)c(OC)c1. The summed E-state index contributed by atoms with van der Waals surface area (Å²) in [6, 6.07) is 8.48. The van der Waals surface area contributed by atoms with Gasteiger partial charge in [0, 0.05) is 22.4 Å². The highest BCUT2D eigenvalue weighted by Gasteiger charge is 2.20. The average molecular weight is 327 g/mol. The Hall–Kier alpha value is -1.57. The second kappa shape index (κ2) is 6.46. The first-order valence-corrected chi connectivity index (χ1v) is 8.53. The summed E-state index contributed by atoms with van der Waals surface area (Å²) in [4.78, 5) is 2.20. The number of thiophene rings is 1. The van der Waals surface area contributed by atoms with E-state index < -0.39 is 10.0 Å². The minimum atomic E-state index is -3.64. The van der Waals surface area contributed by atoms with Crippen LogP contribution >= 0.6 is 11.3 Å². The molecule has 21 heavy (non-hydrogen) atoms. The van der Waals surface area contributed by atoms with E-state index in [1.54, 1.807) is 23.5 Å². The van der Waals surface area contributed by atoms with Gasteiger partial charge >= 0.3 is 0 Å². The molecule has 0 amide bonds. The lowest BCUT2D eigenvalue weighted by molar-refractivity contribution is 0.386. The highest BCUT2D eigenvalue weighted by molar-refractivity contribution is 7.89. The lowest BCUT2D eigenvalue weighted by atomic mass is 10.3. The lowest BCUT2D eigenvalue weighted by Crippen LogP contribution is -2.23. The summed E-state index contributed by atoms with van der Waals surface area (Å²) in [7, 11) is -0.700. The van der Waals surface area contributed by atoms with Crippen LogP contribution in [-0.2, 0) is 16.6 Å². The van der Waals surface area contributed by atoms with Gasteiger partial charge in [0.1, 0.15) is 16.4 Å². The van der Waals surface area contributed by atoms with Crippen molar-refractivity contribution >= 4 is 21.4 Å². The predicted molar refractivity (Wildman–Crippen MR) is 82.6 cm³/mol. The second-order valence-corrected chi connectivity index (χ2v) is 7.46. The molecule has 0 aliphatic carbocycles. The van der Waals surface area contributed by atoms with Crippen LogP contribution in [0.2, 0.25) is 0 Å². The first kappa shape index (κ1) is 15.8. The number of nitrogens with one attached hydrogen (secondary N) is 1. The Kier molecular flexibility index (Phi) is 4.87. The molecule has 114 valence electrons. The summed E-state index contributed by atoms with van der Waals surface area (Å²) in [6.07, 6.45) is 0. The number of methoxy groups -OCH3 is 2. The van der Waals surface area contributed by atoms with Crippen LogP contribution in [0.4, 0.5) is 0 Å². The standard InChI is InChI=1S/C14H17NO4S2/c1-10-4-6-12(20-10)9-15-21(16,17)14-7-5-11(18-2)8-13(14)19-3/h4-8,15H,9H2,1-3H3. The van der Waals surface area contributed by atoms with E-state index in [4.69, 9.17) is 9.47 Å². The van der Waals surface area contributed by atoms with Crippen molar-refractivity contribution < 1.29 is 17.9 Å². The Labute approximate surface area is 128 Å². The Balaban J connectivity index is 2.22. The van der Waals surface area contributed by atoms with E-state index >= 15 is 0 Å². The summed E-state index contributed by atoms with van der Waals surface area (Å²) in [5.41, 5.74) is 0. The minimum Gasteiger partial charge on any atom is -0.497 e. The molecule has 2 rings (SSSR count). The van der Waals surface area contributed by atoms with Gasteiger partial charge in [0.15, 0.2) is 0 Å². The van der Waals surface area contributed by atoms with Gasteiger partial charge < -0.3 is 9.47 Å². The van der Waals surface area contributed by atoms with E-state index in [1.807, 2.05) is 19.1 Å². The molecule has 1 N–H and O–H groups in total. The molecule has 0 saturated heterocycles. The molecule has 0 atom stereocenters. The molecule has 0 aliphatic rings. The highest BCUT2D eigenvalue weighted by atomic mass is 32.2. The van der Waals surface area contributed by atoms with Gasteiger partial charge in [-0.1, -0.05) is 0 Å². The topological polar surface area (TPSA) is 64.6 Å². The van der Waals surface area contributed by atoms with Crippen molar-refractivity contribution in [3.63, 3.8) is 0 Å². The van der Waals surface area contributed by atoms with Crippen molar-refractivity contribution in [2.45, 2.75) is 18.4 Å². The zero-order valence-electron chi connectivity index (χ0n) is 12.0. The number of hydrogen-bond acceptors (Lipinski definition) is 5. The van der Waals surface area contributed by atoms with Gasteiger partial charge in [-0.05, 0) is 31.2 Å². The van der Waals surface area contributed by atoms with Gasteiger partial charge in [-0.15, -0.1) is 11.3 Å². The lowest BCUT2D eigenvalue weighted by Gasteiger charge is -2.11. The number of benzene rings is 1. The van der Waals surface area contributed by atoms with Crippen LogP contribution in [0.15, 0.2) is 35.2 Å². The number of rotatable bonds is 6. The van der Waals surface area contributed by atoms with Crippen molar-refractivity contribution in [3.8, 4) is 11.5 Å². The molecule has 0 fully saturated rings. The summed E-state index contributed by atoms with van der Waals surface area (Å²) in [5, 5.41) is 0. The summed E-state index contributed by atoms with van der Waals surface area (Å²) >= 11 is 1.56. The minimum absolute atomic E-state index is 0.0964. The van der Waals surface area contributed by atoms with E-state index in [2.05, 4.69) is 4.72 Å². The van der Waals surface area contributed by atoms with Crippen LogP contribution in [-0.4, -0.2) is 22.6 Å². The molecule has 1 aromatic carbocycles. The maximum absolute atomic E-state index is 12.4. The van der Waals surface area contributed by atoms with Gasteiger partial charge in [0.2, 0.25) is 10.0 Å². The third-order valence-electron chi connectivity index (χ3n) is 2.89. The van der Waals surface area contributed by atoms with Crippen LogP contribution in [0.25, 0.3) is 0 Å². The molecule has 1 aromatic heterocycles. The number of ether oxygens (including phenoxy) is 2. The fraction of sp³-hybridized carbons (Fsp3) is 0.286. The molecule has 0 saturated carbocycles. The largest absolute Gasteiger partial charge is 0.497 e. The van der Waals surface area contributed by atoms with Gasteiger partial charge in [-0.2, -0.15) is 0 Å². The van der Waals surface area contributed by atoms with Crippen molar-refractivity contribution in [1.29, 1.82) is 0 Å². The van der Waals surface area contributed by atoms with E-state index in [0.717, 1.165) is 9.75 Å². The first-order valence-electron chi connectivity index (χ1n) is 6.23. The molecule has 0 bridgehead atoms. The van der Waals surface area contributed by atoms with E-state index in [1.165, 1.54) is 20.3 Å². The number of aryl methyl sites for hydroxylation is 1. The number of hydrogen-bond donors (Lipinski definition) is 1. The summed E-state index contributed by atoms with van der Waals surface area (Å²) < 4.78 is 37.5. The van der Waals surface area contributed by atoms with Crippen LogP contribution in [0, 0.1) is 6.92 Å². The van der Waals surface area contributed by atoms with Crippen molar-refractivity contribution in [2.24, 2.45) is 0 Å². The van der Waals surface area contributed by atoms with Gasteiger partial charge in [-0.25, -0.2) is 13.1 Å². The number of sulfonamides is 1. The Morgan fingerprint density at radius 1 is 1.14 bits per heavy atom. The molecule has 0 aliphatic heterocycles. The molecule has 5 nitrogen and oxygen atoms in total. The average Bonchev–Trinajstić information content (AvgIpc) is 2.90. The predicted octanol–water partition coefficient (Wildman–Crippen LogP) is 2.55. The normalized spacial score (nSPS) is 11.4. The monoisotopic (exact) mass is 327 g/mol. The van der Waals surface area contributed by atoms with Crippen molar-refractivity contribution in [2.75, 3.05) is 14.2 Å². The zero-order chi connectivity index (χ0) is 15.5.